The van der Waals surface area contributed by atoms with Crippen LogP contribution in [0.15, 0.2) is 12.7 Å². The summed E-state index contributed by atoms with van der Waals surface area (Å²) in [4.78, 5) is 17.1. The number of aliphatic hydroxyl groups is 2. The molecule has 3 atom stereocenters. The van der Waals surface area contributed by atoms with Gasteiger partial charge >= 0.3 is 0 Å². The van der Waals surface area contributed by atoms with E-state index < -0.39 is 18.2 Å². The molecule has 0 spiro atoms. The Balaban J connectivity index is 2.03. The first-order valence-electron chi connectivity index (χ1n) is 5.08. The van der Waals surface area contributed by atoms with Crippen molar-refractivity contribution in [3.8, 4) is 0 Å². The third kappa shape index (κ3) is 1.91. The van der Waals surface area contributed by atoms with Gasteiger partial charge < -0.3 is 15.1 Å². The summed E-state index contributed by atoms with van der Waals surface area (Å²) in [5.41, 5.74) is 0. The number of hydrogen-bond donors (Lipinski definition) is 2. The van der Waals surface area contributed by atoms with E-state index in [1.165, 1.54) is 22.2 Å². The number of likely N-dealkylation sites (tertiary alicyclic amines) is 1. The van der Waals surface area contributed by atoms with Crippen LogP contribution in [0.25, 0.3) is 0 Å². The topological polar surface area (TPSA) is 91.5 Å². The lowest BCUT2D eigenvalue weighted by atomic mass is 10.3. The minimum absolute atomic E-state index is 0.166. The number of β-amino-alcohol motifs (C(OH)–C–C–N with tert-alkyl or cyclic N) is 2. The number of carbonyl (C=O) groups excluding carboxylic acids is 1. The van der Waals surface area contributed by atoms with Crippen LogP contribution < -0.4 is 0 Å². The molecular formula is C9H14N4O3. The zero-order valence-electron chi connectivity index (χ0n) is 8.89. The Bertz CT molecular complexity index is 357. The van der Waals surface area contributed by atoms with Gasteiger partial charge in [-0.25, -0.2) is 9.67 Å². The van der Waals surface area contributed by atoms with Crippen molar-refractivity contribution in [1.29, 1.82) is 0 Å². The fourth-order valence-corrected chi connectivity index (χ4v) is 1.74. The number of carbonyl (C=O) groups is 1. The second-order valence-electron chi connectivity index (χ2n) is 3.93. The lowest BCUT2D eigenvalue weighted by molar-refractivity contribution is -0.134. The van der Waals surface area contributed by atoms with Crippen molar-refractivity contribution in [2.24, 2.45) is 0 Å². The van der Waals surface area contributed by atoms with Gasteiger partial charge in [-0.2, -0.15) is 5.10 Å². The second-order valence-corrected chi connectivity index (χ2v) is 3.93. The maximum Gasteiger partial charge on any atom is 0.247 e. The summed E-state index contributed by atoms with van der Waals surface area (Å²) in [6.45, 7) is 2.03. The van der Waals surface area contributed by atoms with Crippen molar-refractivity contribution in [2.75, 3.05) is 13.1 Å². The van der Waals surface area contributed by atoms with Crippen LogP contribution in [-0.4, -0.2) is 61.1 Å². The van der Waals surface area contributed by atoms with Crippen molar-refractivity contribution in [3.63, 3.8) is 0 Å². The Morgan fingerprint density at radius 3 is 2.56 bits per heavy atom. The maximum atomic E-state index is 11.9. The number of aromatic nitrogens is 3. The Morgan fingerprint density at radius 2 is 2.06 bits per heavy atom. The quantitative estimate of drug-likeness (QED) is 0.634. The van der Waals surface area contributed by atoms with E-state index in [1.54, 1.807) is 6.92 Å². The largest absolute Gasteiger partial charge is 0.388 e. The van der Waals surface area contributed by atoms with Gasteiger partial charge in [0.25, 0.3) is 0 Å². The van der Waals surface area contributed by atoms with Crippen LogP contribution in [0.2, 0.25) is 0 Å². The zero-order chi connectivity index (χ0) is 11.7. The predicted molar refractivity (Wildman–Crippen MR) is 53.3 cm³/mol. The highest BCUT2D eigenvalue weighted by atomic mass is 16.3. The highest BCUT2D eigenvalue weighted by molar-refractivity contribution is 5.80. The van der Waals surface area contributed by atoms with Gasteiger partial charge in [-0.05, 0) is 6.92 Å². The molecule has 1 aliphatic rings. The Kier molecular flexibility index (Phi) is 2.88. The summed E-state index contributed by atoms with van der Waals surface area (Å²) in [6.07, 6.45) is 1.11. The molecule has 1 fully saturated rings. The molecule has 0 aliphatic carbocycles. The molecule has 3 unspecified atom stereocenters. The van der Waals surface area contributed by atoms with Gasteiger partial charge in [0.15, 0.2) is 0 Å². The summed E-state index contributed by atoms with van der Waals surface area (Å²) in [6, 6.07) is -0.472. The summed E-state index contributed by atoms with van der Waals surface area (Å²) in [7, 11) is 0. The molecule has 2 N–H and O–H groups in total. The SMILES string of the molecule is CC(C(=O)N1CC(O)C(O)C1)n1cncn1. The fraction of sp³-hybridized carbons (Fsp3) is 0.667. The van der Waals surface area contributed by atoms with Crippen LogP contribution in [0, 0.1) is 0 Å². The van der Waals surface area contributed by atoms with Gasteiger partial charge in [-0.15, -0.1) is 0 Å². The number of hydrogen-bond acceptors (Lipinski definition) is 5. The molecule has 1 aliphatic heterocycles. The molecule has 88 valence electrons. The van der Waals surface area contributed by atoms with Gasteiger partial charge in [0.2, 0.25) is 5.91 Å². The van der Waals surface area contributed by atoms with Crippen molar-refractivity contribution < 1.29 is 15.0 Å². The Morgan fingerprint density at radius 1 is 1.44 bits per heavy atom. The first-order valence-corrected chi connectivity index (χ1v) is 5.08. The van der Waals surface area contributed by atoms with Gasteiger partial charge in [0.1, 0.15) is 18.7 Å². The van der Waals surface area contributed by atoms with Crippen LogP contribution in [-0.2, 0) is 4.79 Å². The molecule has 0 aromatic carbocycles. The third-order valence-corrected chi connectivity index (χ3v) is 2.76. The zero-order valence-corrected chi connectivity index (χ0v) is 8.89. The predicted octanol–water partition coefficient (Wildman–Crippen LogP) is -1.60. The van der Waals surface area contributed by atoms with Crippen molar-refractivity contribution in [2.45, 2.75) is 25.2 Å². The molecule has 1 amide bonds. The van der Waals surface area contributed by atoms with Gasteiger partial charge in [-0.3, -0.25) is 4.79 Å². The average molecular weight is 226 g/mol. The Hall–Kier alpha value is -1.47. The monoisotopic (exact) mass is 226 g/mol. The van der Waals surface area contributed by atoms with Crippen LogP contribution in [0.1, 0.15) is 13.0 Å². The molecular weight excluding hydrogens is 212 g/mol. The summed E-state index contributed by atoms with van der Waals surface area (Å²) < 4.78 is 1.44. The third-order valence-electron chi connectivity index (χ3n) is 2.76. The average Bonchev–Trinajstić information content (AvgIpc) is 2.87. The minimum atomic E-state index is -0.855. The molecule has 7 nitrogen and oxygen atoms in total. The Labute approximate surface area is 92.3 Å². The molecule has 2 rings (SSSR count). The molecule has 16 heavy (non-hydrogen) atoms. The molecule has 7 heteroatoms. The molecule has 1 aromatic heterocycles. The summed E-state index contributed by atoms with van der Waals surface area (Å²) >= 11 is 0. The van der Waals surface area contributed by atoms with Crippen molar-refractivity contribution in [1.82, 2.24) is 19.7 Å². The first-order chi connectivity index (χ1) is 7.59. The van der Waals surface area contributed by atoms with E-state index in [4.69, 9.17) is 0 Å². The second kappa shape index (κ2) is 4.18. The van der Waals surface area contributed by atoms with Crippen LogP contribution in [0.4, 0.5) is 0 Å². The maximum absolute atomic E-state index is 11.9. The van der Waals surface area contributed by atoms with Gasteiger partial charge in [0.05, 0.1) is 12.2 Å². The van der Waals surface area contributed by atoms with E-state index in [0.717, 1.165) is 0 Å². The van der Waals surface area contributed by atoms with Crippen LogP contribution >= 0.6 is 0 Å². The summed E-state index contributed by atoms with van der Waals surface area (Å²) in [5.74, 6) is -0.180. The van der Waals surface area contributed by atoms with Crippen molar-refractivity contribution in [3.05, 3.63) is 12.7 Å². The molecule has 1 saturated heterocycles. The molecule has 0 saturated carbocycles. The molecule has 1 aromatic rings. The highest BCUT2D eigenvalue weighted by Gasteiger charge is 2.34. The van der Waals surface area contributed by atoms with E-state index in [-0.39, 0.29) is 19.0 Å². The first kappa shape index (κ1) is 11.0. The van der Waals surface area contributed by atoms with Gasteiger partial charge in [-0.1, -0.05) is 0 Å². The smallest absolute Gasteiger partial charge is 0.247 e. The minimum Gasteiger partial charge on any atom is -0.388 e. The lowest BCUT2D eigenvalue weighted by Gasteiger charge is -2.20. The standard InChI is InChI=1S/C9H14N4O3/c1-6(13-5-10-4-11-13)9(16)12-2-7(14)8(15)3-12/h4-8,14-15H,2-3H2,1H3. The number of aliphatic hydroxyl groups excluding tert-OH is 2. The fourth-order valence-electron chi connectivity index (χ4n) is 1.74. The molecule has 2 heterocycles. The number of amides is 1. The molecule has 0 bridgehead atoms. The highest BCUT2D eigenvalue weighted by Crippen LogP contribution is 2.15. The lowest BCUT2D eigenvalue weighted by Crippen LogP contribution is -2.35. The van der Waals surface area contributed by atoms with E-state index >= 15 is 0 Å². The van der Waals surface area contributed by atoms with E-state index in [1.807, 2.05) is 0 Å². The van der Waals surface area contributed by atoms with Crippen LogP contribution in [0.3, 0.4) is 0 Å². The van der Waals surface area contributed by atoms with Gasteiger partial charge in [0, 0.05) is 13.1 Å². The number of nitrogens with zero attached hydrogens (tertiary/aromatic N) is 4. The van der Waals surface area contributed by atoms with Crippen LogP contribution in [0.5, 0.6) is 0 Å². The molecule has 0 radical (unpaired) electrons. The van der Waals surface area contributed by atoms with E-state index in [2.05, 4.69) is 10.1 Å². The number of rotatable bonds is 2. The van der Waals surface area contributed by atoms with E-state index in [9.17, 15) is 15.0 Å². The summed E-state index contributed by atoms with van der Waals surface area (Å²) in [5, 5.41) is 22.6. The van der Waals surface area contributed by atoms with Crippen molar-refractivity contribution >= 4 is 5.91 Å². The normalized spacial score (nSPS) is 27.1. The van der Waals surface area contributed by atoms with E-state index in [0.29, 0.717) is 0 Å².